The van der Waals surface area contributed by atoms with Crippen molar-refractivity contribution in [2.45, 2.75) is 38.0 Å². The van der Waals surface area contributed by atoms with Gasteiger partial charge in [-0.15, -0.1) is 0 Å². The van der Waals surface area contributed by atoms with E-state index in [2.05, 4.69) is 39.0 Å². The fourth-order valence-corrected chi connectivity index (χ4v) is 4.15. The molecule has 23 heavy (non-hydrogen) atoms. The van der Waals surface area contributed by atoms with Gasteiger partial charge < -0.3 is 5.11 Å². The summed E-state index contributed by atoms with van der Waals surface area (Å²) in [5, 5.41) is 13.0. The van der Waals surface area contributed by atoms with E-state index in [9.17, 15) is 5.11 Å². The number of piperidine rings is 1. The molecular formula is C19H25N3O. The van der Waals surface area contributed by atoms with Crippen molar-refractivity contribution in [3.05, 3.63) is 42.2 Å². The number of aliphatic hydroxyl groups excluding tert-OH is 1. The first-order valence-electron chi connectivity index (χ1n) is 8.77. The molecule has 0 bridgehead atoms. The Morgan fingerprint density at radius 2 is 1.96 bits per heavy atom. The molecule has 2 aliphatic rings. The molecule has 2 aromatic rings. The Bertz CT molecular complexity index is 663. The maximum Gasteiger partial charge on any atom is 0.0834 e. The highest BCUT2D eigenvalue weighted by Crippen LogP contribution is 2.24. The Balaban J connectivity index is 1.49. The molecule has 1 N–H and O–H groups in total. The van der Waals surface area contributed by atoms with Crippen LogP contribution in [0, 0.1) is 0 Å². The number of pyridine rings is 1. The van der Waals surface area contributed by atoms with Crippen molar-refractivity contribution < 1.29 is 5.11 Å². The number of hydrogen-bond donors (Lipinski definition) is 1. The number of hydrogen-bond acceptors (Lipinski definition) is 4. The maximum atomic E-state index is 10.5. The van der Waals surface area contributed by atoms with Crippen molar-refractivity contribution in [1.29, 1.82) is 0 Å². The minimum Gasteiger partial charge on any atom is -0.390 e. The summed E-state index contributed by atoms with van der Waals surface area (Å²) in [7, 11) is 0. The van der Waals surface area contributed by atoms with E-state index in [1.54, 1.807) is 0 Å². The third kappa shape index (κ3) is 3.11. The highest BCUT2D eigenvalue weighted by molar-refractivity contribution is 5.84. The first kappa shape index (κ1) is 15.1. The van der Waals surface area contributed by atoms with E-state index in [0.29, 0.717) is 6.04 Å². The van der Waals surface area contributed by atoms with Crippen LogP contribution in [0.2, 0.25) is 0 Å². The van der Waals surface area contributed by atoms with Gasteiger partial charge in [0.25, 0.3) is 0 Å². The second-order valence-electron chi connectivity index (χ2n) is 6.94. The molecule has 3 heterocycles. The van der Waals surface area contributed by atoms with Gasteiger partial charge in [0, 0.05) is 43.5 Å². The van der Waals surface area contributed by atoms with E-state index >= 15 is 0 Å². The van der Waals surface area contributed by atoms with Crippen molar-refractivity contribution in [3.8, 4) is 0 Å². The van der Waals surface area contributed by atoms with Crippen LogP contribution in [0.3, 0.4) is 0 Å². The van der Waals surface area contributed by atoms with Crippen molar-refractivity contribution in [2.24, 2.45) is 0 Å². The Labute approximate surface area is 137 Å². The standard InChI is InChI=1S/C19H25N3O/c23-19-14-21(13-18(19)22-9-2-1-3-10-22)12-16-6-4-5-15-11-20-8-7-17(15)16/h4-8,11,18-19,23H,1-3,9-10,12-14H2/t18-,19-/m0/s1. The summed E-state index contributed by atoms with van der Waals surface area (Å²) in [5.74, 6) is 0. The van der Waals surface area contributed by atoms with Crippen LogP contribution in [-0.2, 0) is 6.54 Å². The zero-order valence-electron chi connectivity index (χ0n) is 13.6. The molecule has 2 saturated heterocycles. The van der Waals surface area contributed by atoms with Crippen LogP contribution >= 0.6 is 0 Å². The van der Waals surface area contributed by atoms with Crippen molar-refractivity contribution in [3.63, 3.8) is 0 Å². The average molecular weight is 311 g/mol. The number of aliphatic hydroxyl groups is 1. The number of aromatic nitrogens is 1. The van der Waals surface area contributed by atoms with Crippen molar-refractivity contribution in [2.75, 3.05) is 26.2 Å². The van der Waals surface area contributed by atoms with Gasteiger partial charge in [-0.2, -0.15) is 0 Å². The molecule has 122 valence electrons. The molecule has 0 unspecified atom stereocenters. The minimum absolute atomic E-state index is 0.218. The second-order valence-corrected chi connectivity index (χ2v) is 6.94. The van der Waals surface area contributed by atoms with Gasteiger partial charge >= 0.3 is 0 Å². The lowest BCUT2D eigenvalue weighted by atomic mass is 10.1. The summed E-state index contributed by atoms with van der Waals surface area (Å²) in [4.78, 5) is 9.11. The third-order valence-electron chi connectivity index (χ3n) is 5.36. The molecular weight excluding hydrogens is 286 g/mol. The van der Waals surface area contributed by atoms with Gasteiger partial charge in [-0.1, -0.05) is 24.6 Å². The van der Waals surface area contributed by atoms with Crippen LogP contribution in [0.1, 0.15) is 24.8 Å². The van der Waals surface area contributed by atoms with Crippen molar-refractivity contribution >= 4 is 10.8 Å². The van der Waals surface area contributed by atoms with Gasteiger partial charge in [0.15, 0.2) is 0 Å². The van der Waals surface area contributed by atoms with Gasteiger partial charge in [0.1, 0.15) is 0 Å². The lowest BCUT2D eigenvalue weighted by Gasteiger charge is -2.33. The van der Waals surface area contributed by atoms with E-state index in [1.165, 1.54) is 35.6 Å². The summed E-state index contributed by atoms with van der Waals surface area (Å²) in [6.45, 7) is 4.96. The summed E-state index contributed by atoms with van der Waals surface area (Å²) in [6.07, 6.45) is 7.46. The van der Waals surface area contributed by atoms with Crippen LogP contribution in [-0.4, -0.2) is 58.2 Å². The molecule has 2 aliphatic heterocycles. The van der Waals surface area contributed by atoms with Gasteiger partial charge in [-0.25, -0.2) is 0 Å². The lowest BCUT2D eigenvalue weighted by molar-refractivity contribution is 0.0706. The minimum atomic E-state index is -0.218. The fraction of sp³-hybridized carbons (Fsp3) is 0.526. The normalized spacial score (nSPS) is 26.8. The molecule has 2 fully saturated rings. The first-order chi connectivity index (χ1) is 11.3. The largest absolute Gasteiger partial charge is 0.390 e. The van der Waals surface area contributed by atoms with Gasteiger partial charge in [-0.3, -0.25) is 14.8 Å². The second kappa shape index (κ2) is 6.56. The molecule has 0 saturated carbocycles. The smallest absolute Gasteiger partial charge is 0.0834 e. The zero-order chi connectivity index (χ0) is 15.6. The quantitative estimate of drug-likeness (QED) is 0.944. The van der Waals surface area contributed by atoms with Crippen LogP contribution in [0.5, 0.6) is 0 Å². The van der Waals surface area contributed by atoms with Gasteiger partial charge in [0.05, 0.1) is 6.10 Å². The molecule has 0 aliphatic carbocycles. The molecule has 1 aromatic heterocycles. The zero-order valence-corrected chi connectivity index (χ0v) is 13.6. The molecule has 1 aromatic carbocycles. The molecule has 0 radical (unpaired) electrons. The number of fused-ring (bicyclic) bond motifs is 1. The summed E-state index contributed by atoms with van der Waals surface area (Å²) >= 11 is 0. The Kier molecular flexibility index (Phi) is 4.29. The van der Waals surface area contributed by atoms with E-state index in [4.69, 9.17) is 0 Å². The highest BCUT2D eigenvalue weighted by atomic mass is 16.3. The number of rotatable bonds is 3. The van der Waals surface area contributed by atoms with E-state index in [1.807, 2.05) is 12.4 Å². The Hall–Kier alpha value is -1.49. The topological polar surface area (TPSA) is 39.6 Å². The average Bonchev–Trinajstić information content (AvgIpc) is 2.96. The molecule has 4 nitrogen and oxygen atoms in total. The van der Waals surface area contributed by atoms with Gasteiger partial charge in [-0.05, 0) is 42.9 Å². The van der Waals surface area contributed by atoms with Crippen LogP contribution in [0.15, 0.2) is 36.7 Å². The van der Waals surface area contributed by atoms with Crippen LogP contribution in [0.4, 0.5) is 0 Å². The lowest BCUT2D eigenvalue weighted by Crippen LogP contribution is -2.45. The molecule has 4 heteroatoms. The number of likely N-dealkylation sites (tertiary alicyclic amines) is 2. The fourth-order valence-electron chi connectivity index (χ4n) is 4.15. The predicted octanol–water partition coefficient (Wildman–Crippen LogP) is 2.27. The van der Waals surface area contributed by atoms with E-state index < -0.39 is 0 Å². The molecule has 4 rings (SSSR count). The molecule has 0 spiro atoms. The number of nitrogens with zero attached hydrogens (tertiary/aromatic N) is 3. The summed E-state index contributed by atoms with van der Waals surface area (Å²) in [5.41, 5.74) is 1.33. The number of β-amino-alcohol motifs (C(OH)–C–C–N with tert-alkyl or cyclic N) is 1. The molecule has 2 atom stereocenters. The van der Waals surface area contributed by atoms with E-state index in [-0.39, 0.29) is 6.10 Å². The maximum absolute atomic E-state index is 10.5. The summed E-state index contributed by atoms with van der Waals surface area (Å²) in [6, 6.07) is 8.82. The van der Waals surface area contributed by atoms with Crippen LogP contribution in [0.25, 0.3) is 10.8 Å². The highest BCUT2D eigenvalue weighted by Gasteiger charge is 2.35. The van der Waals surface area contributed by atoms with Gasteiger partial charge in [0.2, 0.25) is 0 Å². The Morgan fingerprint density at radius 1 is 1.09 bits per heavy atom. The predicted molar refractivity (Wildman–Crippen MR) is 92.2 cm³/mol. The third-order valence-corrected chi connectivity index (χ3v) is 5.36. The monoisotopic (exact) mass is 311 g/mol. The Morgan fingerprint density at radius 3 is 2.83 bits per heavy atom. The van der Waals surface area contributed by atoms with E-state index in [0.717, 1.165) is 32.7 Å². The number of benzene rings is 1. The van der Waals surface area contributed by atoms with Crippen molar-refractivity contribution in [1.82, 2.24) is 14.8 Å². The first-order valence-corrected chi connectivity index (χ1v) is 8.77. The van der Waals surface area contributed by atoms with Crippen LogP contribution < -0.4 is 0 Å². The summed E-state index contributed by atoms with van der Waals surface area (Å²) < 4.78 is 0. The SMILES string of the molecule is O[C@H]1CN(Cc2cccc3cnccc23)C[C@@H]1N1CCCCC1. The molecule has 0 amide bonds.